The van der Waals surface area contributed by atoms with Gasteiger partial charge < -0.3 is 4.74 Å². The standard InChI is InChI=1S/C23H20N4O7S/c1-34-23(29)18-13-11-17(12-14-18)15-24-25-22(28)16-26(19-7-3-2-4-8-19)35(32,33)21-10-6-5-9-20(21)27(30)31/h2-15H,16H2,1H3,(H,25,28)/b24-15+. The number of amides is 1. The van der Waals surface area contributed by atoms with Crippen LogP contribution in [0.25, 0.3) is 0 Å². The first-order chi connectivity index (χ1) is 16.7. The van der Waals surface area contributed by atoms with Crippen molar-refractivity contribution in [2.24, 2.45) is 5.10 Å². The molecule has 0 aliphatic carbocycles. The van der Waals surface area contributed by atoms with Crippen LogP contribution in [0, 0.1) is 10.1 Å². The molecule has 1 amide bonds. The highest BCUT2D eigenvalue weighted by atomic mass is 32.2. The van der Waals surface area contributed by atoms with Gasteiger partial charge in [-0.3, -0.25) is 19.2 Å². The van der Waals surface area contributed by atoms with Crippen molar-refractivity contribution in [3.05, 3.63) is 100 Å². The molecule has 0 aliphatic heterocycles. The monoisotopic (exact) mass is 496 g/mol. The lowest BCUT2D eigenvalue weighted by molar-refractivity contribution is -0.387. The number of sulfonamides is 1. The highest BCUT2D eigenvalue weighted by Crippen LogP contribution is 2.29. The fourth-order valence-corrected chi connectivity index (χ4v) is 4.60. The number of hydrogen-bond donors (Lipinski definition) is 1. The molecule has 0 unspecified atom stereocenters. The predicted octanol–water partition coefficient (Wildman–Crippen LogP) is 2.73. The number of carbonyl (C=O) groups excluding carboxylic acids is 2. The molecule has 0 bridgehead atoms. The Morgan fingerprint density at radius 1 is 1.03 bits per heavy atom. The molecule has 0 fully saturated rings. The summed E-state index contributed by atoms with van der Waals surface area (Å²) in [7, 11) is -3.22. The average molecular weight is 497 g/mol. The maximum atomic E-state index is 13.4. The van der Waals surface area contributed by atoms with E-state index in [0.717, 1.165) is 16.4 Å². The third kappa shape index (κ3) is 6.06. The number of hydrazone groups is 1. The normalized spacial score (nSPS) is 11.1. The number of anilines is 1. The average Bonchev–Trinajstić information content (AvgIpc) is 2.87. The van der Waals surface area contributed by atoms with Crippen molar-refractivity contribution in [2.75, 3.05) is 18.0 Å². The summed E-state index contributed by atoms with van der Waals surface area (Å²) >= 11 is 0. The second kappa shape index (κ2) is 11.0. The Labute approximate surface area is 200 Å². The smallest absolute Gasteiger partial charge is 0.337 e. The Morgan fingerprint density at radius 3 is 2.29 bits per heavy atom. The van der Waals surface area contributed by atoms with E-state index >= 15 is 0 Å². The zero-order chi connectivity index (χ0) is 25.4. The van der Waals surface area contributed by atoms with E-state index in [1.165, 1.54) is 49.7 Å². The zero-order valence-electron chi connectivity index (χ0n) is 18.4. The molecule has 0 radical (unpaired) electrons. The number of hydrogen-bond acceptors (Lipinski definition) is 8. The summed E-state index contributed by atoms with van der Waals surface area (Å²) in [5.41, 5.74) is 2.67. The van der Waals surface area contributed by atoms with Crippen molar-refractivity contribution < 1.29 is 27.7 Å². The summed E-state index contributed by atoms with van der Waals surface area (Å²) in [6.45, 7) is -0.684. The molecule has 12 heteroatoms. The Bertz CT molecular complexity index is 1360. The highest BCUT2D eigenvalue weighted by Gasteiger charge is 2.33. The van der Waals surface area contributed by atoms with Crippen LogP contribution in [0.1, 0.15) is 15.9 Å². The second-order valence-corrected chi connectivity index (χ2v) is 8.81. The highest BCUT2D eigenvalue weighted by molar-refractivity contribution is 7.93. The Hall–Kier alpha value is -4.58. The second-order valence-electron chi connectivity index (χ2n) is 6.98. The SMILES string of the molecule is COC(=O)c1ccc(/C=N/NC(=O)CN(c2ccccc2)S(=O)(=O)c2ccccc2[N+](=O)[O-])cc1. The molecule has 0 aromatic heterocycles. The van der Waals surface area contributed by atoms with E-state index in [9.17, 15) is 28.1 Å². The third-order valence-corrected chi connectivity index (χ3v) is 6.52. The van der Waals surface area contributed by atoms with E-state index in [2.05, 4.69) is 15.3 Å². The number of esters is 1. The van der Waals surface area contributed by atoms with Crippen LogP contribution in [0.5, 0.6) is 0 Å². The van der Waals surface area contributed by atoms with Crippen LogP contribution in [0.3, 0.4) is 0 Å². The van der Waals surface area contributed by atoms with Crippen molar-refractivity contribution in [1.82, 2.24) is 5.43 Å². The van der Waals surface area contributed by atoms with Gasteiger partial charge in [0, 0.05) is 6.07 Å². The van der Waals surface area contributed by atoms with Crippen molar-refractivity contribution in [1.29, 1.82) is 0 Å². The van der Waals surface area contributed by atoms with Gasteiger partial charge in [0.05, 0.1) is 29.5 Å². The number of ether oxygens (including phenoxy) is 1. The summed E-state index contributed by atoms with van der Waals surface area (Å²) in [5, 5.41) is 15.2. The number of methoxy groups -OCH3 is 1. The number of rotatable bonds is 9. The first-order valence-electron chi connectivity index (χ1n) is 10.1. The number of nitro benzene ring substituents is 1. The van der Waals surface area contributed by atoms with Crippen LogP contribution < -0.4 is 9.73 Å². The van der Waals surface area contributed by atoms with E-state index in [1.807, 2.05) is 0 Å². The maximum Gasteiger partial charge on any atom is 0.337 e. The quantitative estimate of drug-likeness (QED) is 0.207. The molecular formula is C23H20N4O7S. The van der Waals surface area contributed by atoms with Gasteiger partial charge in [-0.25, -0.2) is 18.6 Å². The molecule has 180 valence electrons. The van der Waals surface area contributed by atoms with Gasteiger partial charge in [0.25, 0.3) is 21.6 Å². The van der Waals surface area contributed by atoms with Gasteiger partial charge in [0.15, 0.2) is 4.90 Å². The summed E-state index contributed by atoms with van der Waals surface area (Å²) in [6, 6.07) is 18.8. The van der Waals surface area contributed by atoms with Crippen LogP contribution in [0.15, 0.2) is 88.9 Å². The molecule has 11 nitrogen and oxygen atoms in total. The van der Waals surface area contributed by atoms with Crippen LogP contribution >= 0.6 is 0 Å². The summed E-state index contributed by atoms with van der Waals surface area (Å²) in [5.74, 6) is -1.28. The molecule has 35 heavy (non-hydrogen) atoms. The molecule has 0 saturated heterocycles. The van der Waals surface area contributed by atoms with E-state index in [0.29, 0.717) is 11.1 Å². The lowest BCUT2D eigenvalue weighted by Gasteiger charge is -2.23. The molecule has 0 heterocycles. The summed E-state index contributed by atoms with van der Waals surface area (Å²) < 4.78 is 32.1. The van der Waals surface area contributed by atoms with Gasteiger partial charge in [-0.2, -0.15) is 5.10 Å². The largest absolute Gasteiger partial charge is 0.465 e. The van der Waals surface area contributed by atoms with E-state index in [-0.39, 0.29) is 5.69 Å². The van der Waals surface area contributed by atoms with Gasteiger partial charge in [-0.05, 0) is 35.9 Å². The number of benzene rings is 3. The van der Waals surface area contributed by atoms with Gasteiger partial charge >= 0.3 is 5.97 Å². The van der Waals surface area contributed by atoms with E-state index < -0.39 is 44.0 Å². The minimum atomic E-state index is -4.48. The molecule has 3 aromatic carbocycles. The fourth-order valence-electron chi connectivity index (χ4n) is 3.02. The first-order valence-corrected chi connectivity index (χ1v) is 11.5. The van der Waals surface area contributed by atoms with Crippen LogP contribution in [0.2, 0.25) is 0 Å². The van der Waals surface area contributed by atoms with Gasteiger partial charge in [-0.1, -0.05) is 42.5 Å². The lowest BCUT2D eigenvalue weighted by Crippen LogP contribution is -2.39. The van der Waals surface area contributed by atoms with E-state index in [4.69, 9.17) is 0 Å². The first kappa shape index (κ1) is 25.1. The van der Waals surface area contributed by atoms with Crippen molar-refractivity contribution >= 4 is 39.5 Å². The number of nitro groups is 1. The van der Waals surface area contributed by atoms with Crippen molar-refractivity contribution in [3.63, 3.8) is 0 Å². The number of carbonyl (C=O) groups is 2. The topological polar surface area (TPSA) is 148 Å². The molecule has 0 aliphatic rings. The number of para-hydroxylation sites is 2. The Balaban J connectivity index is 1.82. The van der Waals surface area contributed by atoms with E-state index in [1.54, 1.807) is 30.3 Å². The fraction of sp³-hybridized carbons (Fsp3) is 0.0870. The maximum absolute atomic E-state index is 13.4. The molecule has 3 rings (SSSR count). The van der Waals surface area contributed by atoms with Crippen molar-refractivity contribution in [3.8, 4) is 0 Å². The Kier molecular flexibility index (Phi) is 7.89. The third-order valence-electron chi connectivity index (χ3n) is 4.70. The molecule has 0 saturated carbocycles. The summed E-state index contributed by atoms with van der Waals surface area (Å²) in [6.07, 6.45) is 1.31. The van der Waals surface area contributed by atoms with Crippen molar-refractivity contribution in [2.45, 2.75) is 4.90 Å². The minimum absolute atomic E-state index is 0.142. The Morgan fingerprint density at radius 2 is 1.66 bits per heavy atom. The number of nitrogens with zero attached hydrogens (tertiary/aromatic N) is 3. The minimum Gasteiger partial charge on any atom is -0.465 e. The van der Waals surface area contributed by atoms with Crippen LogP contribution in [0.4, 0.5) is 11.4 Å². The van der Waals surface area contributed by atoms with Gasteiger partial charge in [-0.15, -0.1) is 0 Å². The zero-order valence-corrected chi connectivity index (χ0v) is 19.2. The number of nitrogens with one attached hydrogen (secondary N) is 1. The molecule has 0 atom stereocenters. The van der Waals surface area contributed by atoms with Crippen LogP contribution in [-0.2, 0) is 19.6 Å². The molecule has 3 aromatic rings. The lowest BCUT2D eigenvalue weighted by atomic mass is 10.1. The molecule has 0 spiro atoms. The van der Waals surface area contributed by atoms with Gasteiger partial charge in [0.2, 0.25) is 0 Å². The van der Waals surface area contributed by atoms with Crippen LogP contribution in [-0.4, -0.2) is 45.1 Å². The molecular weight excluding hydrogens is 476 g/mol. The molecule has 1 N–H and O–H groups in total. The van der Waals surface area contributed by atoms with Gasteiger partial charge in [0.1, 0.15) is 6.54 Å². The predicted molar refractivity (Wildman–Crippen MR) is 128 cm³/mol. The summed E-state index contributed by atoms with van der Waals surface area (Å²) in [4.78, 5) is 34.1.